The quantitative estimate of drug-likeness (QED) is 0.669. The van der Waals surface area contributed by atoms with Gasteiger partial charge in [-0.15, -0.1) is 5.10 Å². The van der Waals surface area contributed by atoms with Gasteiger partial charge in [-0.1, -0.05) is 12.1 Å². The molecule has 0 unspecified atom stereocenters. The van der Waals surface area contributed by atoms with Crippen LogP contribution < -0.4 is 5.56 Å². The summed E-state index contributed by atoms with van der Waals surface area (Å²) in [6.07, 6.45) is 1.47. The van der Waals surface area contributed by atoms with E-state index in [4.69, 9.17) is 4.74 Å². The van der Waals surface area contributed by atoms with Crippen LogP contribution in [0.4, 0.5) is 0 Å². The fourth-order valence-corrected chi connectivity index (χ4v) is 2.29. The van der Waals surface area contributed by atoms with Crippen molar-refractivity contribution in [2.24, 2.45) is 7.05 Å². The molecule has 0 N–H and O–H groups in total. The minimum absolute atomic E-state index is 0.253. The maximum atomic E-state index is 12.2. The number of esters is 1. The van der Waals surface area contributed by atoms with Crippen molar-refractivity contribution < 1.29 is 9.53 Å². The molecule has 3 rings (SSSR count). The molecule has 2 aromatic heterocycles. The molecule has 3 aromatic rings. The number of nitrogens with zero attached hydrogens (tertiary/aromatic N) is 5. The van der Waals surface area contributed by atoms with Gasteiger partial charge in [0.15, 0.2) is 5.82 Å². The SMILES string of the molecule is CCOC(=O)c1ccc(=O)n(-c2cccc(-c3nnnn3C)c2)c1. The highest BCUT2D eigenvalue weighted by atomic mass is 16.5. The Morgan fingerprint density at radius 3 is 2.79 bits per heavy atom. The zero-order chi connectivity index (χ0) is 17.1. The van der Waals surface area contributed by atoms with E-state index in [-0.39, 0.29) is 12.2 Å². The molecule has 8 heteroatoms. The average molecular weight is 325 g/mol. The Balaban J connectivity index is 2.06. The van der Waals surface area contributed by atoms with Crippen LogP contribution in [0.1, 0.15) is 17.3 Å². The summed E-state index contributed by atoms with van der Waals surface area (Å²) in [6, 6.07) is 9.97. The molecule has 122 valence electrons. The molecule has 0 fully saturated rings. The molecule has 0 radical (unpaired) electrons. The van der Waals surface area contributed by atoms with Gasteiger partial charge in [0.1, 0.15) is 0 Å². The zero-order valence-electron chi connectivity index (χ0n) is 13.2. The van der Waals surface area contributed by atoms with Crippen molar-refractivity contribution in [2.45, 2.75) is 6.92 Å². The van der Waals surface area contributed by atoms with Crippen LogP contribution in [0, 0.1) is 0 Å². The number of ether oxygens (including phenoxy) is 1. The Hall–Kier alpha value is -3.29. The fraction of sp³-hybridized carbons (Fsp3) is 0.188. The largest absolute Gasteiger partial charge is 0.462 e. The second kappa shape index (κ2) is 6.45. The number of carbonyl (C=O) groups is 1. The lowest BCUT2D eigenvalue weighted by atomic mass is 10.2. The van der Waals surface area contributed by atoms with E-state index in [1.807, 2.05) is 6.07 Å². The summed E-state index contributed by atoms with van der Waals surface area (Å²) < 4.78 is 7.90. The molecule has 1 aromatic carbocycles. The van der Waals surface area contributed by atoms with E-state index in [9.17, 15) is 9.59 Å². The van der Waals surface area contributed by atoms with E-state index in [2.05, 4.69) is 15.5 Å². The third kappa shape index (κ3) is 2.94. The van der Waals surface area contributed by atoms with E-state index in [1.54, 1.807) is 32.2 Å². The van der Waals surface area contributed by atoms with Crippen LogP contribution in [0.15, 0.2) is 47.4 Å². The molecular formula is C16H15N5O3. The predicted octanol–water partition coefficient (Wildman–Crippen LogP) is 1.20. The van der Waals surface area contributed by atoms with Crippen molar-refractivity contribution in [1.29, 1.82) is 0 Å². The fourth-order valence-electron chi connectivity index (χ4n) is 2.29. The Morgan fingerprint density at radius 2 is 2.08 bits per heavy atom. The highest BCUT2D eigenvalue weighted by Crippen LogP contribution is 2.18. The van der Waals surface area contributed by atoms with Crippen LogP contribution >= 0.6 is 0 Å². The lowest BCUT2D eigenvalue weighted by Gasteiger charge is -2.09. The molecule has 8 nitrogen and oxygen atoms in total. The maximum absolute atomic E-state index is 12.2. The monoisotopic (exact) mass is 325 g/mol. The van der Waals surface area contributed by atoms with E-state index < -0.39 is 5.97 Å². The third-order valence-electron chi connectivity index (χ3n) is 3.42. The molecule has 0 saturated heterocycles. The smallest absolute Gasteiger partial charge is 0.339 e. The first kappa shape index (κ1) is 15.6. The van der Waals surface area contributed by atoms with Gasteiger partial charge in [-0.3, -0.25) is 9.36 Å². The van der Waals surface area contributed by atoms with E-state index in [1.165, 1.54) is 27.6 Å². The number of aromatic nitrogens is 5. The molecule has 24 heavy (non-hydrogen) atoms. The Bertz CT molecular complexity index is 945. The van der Waals surface area contributed by atoms with E-state index in [0.29, 0.717) is 17.1 Å². The standard InChI is InChI=1S/C16H15N5O3/c1-3-24-16(23)12-7-8-14(22)21(10-12)13-6-4-5-11(9-13)15-17-18-19-20(15)2/h4-10H,3H2,1-2H3. The lowest BCUT2D eigenvalue weighted by molar-refractivity contribution is 0.0525. The highest BCUT2D eigenvalue weighted by Gasteiger charge is 2.11. The summed E-state index contributed by atoms with van der Waals surface area (Å²) in [5, 5.41) is 11.4. The summed E-state index contributed by atoms with van der Waals surface area (Å²) in [6.45, 7) is 2.00. The predicted molar refractivity (Wildman–Crippen MR) is 85.8 cm³/mol. The number of rotatable bonds is 4. The van der Waals surface area contributed by atoms with Crippen molar-refractivity contribution in [3.8, 4) is 17.1 Å². The second-order valence-corrected chi connectivity index (χ2v) is 5.02. The highest BCUT2D eigenvalue weighted by molar-refractivity contribution is 5.89. The van der Waals surface area contributed by atoms with E-state index in [0.717, 1.165) is 5.56 Å². The molecule has 0 atom stereocenters. The molecule has 2 heterocycles. The van der Waals surface area contributed by atoms with Crippen LogP contribution in [0.5, 0.6) is 0 Å². The minimum atomic E-state index is -0.472. The van der Waals surface area contributed by atoms with Crippen LogP contribution in [0.3, 0.4) is 0 Å². The molecular weight excluding hydrogens is 310 g/mol. The number of aryl methyl sites for hydroxylation is 1. The number of benzene rings is 1. The molecule has 0 aliphatic carbocycles. The van der Waals surface area contributed by atoms with Crippen LogP contribution in [0.25, 0.3) is 17.1 Å². The van der Waals surface area contributed by atoms with Crippen LogP contribution in [0.2, 0.25) is 0 Å². The van der Waals surface area contributed by atoms with Crippen molar-refractivity contribution in [1.82, 2.24) is 24.8 Å². The van der Waals surface area contributed by atoms with Gasteiger partial charge < -0.3 is 4.74 Å². The first-order valence-electron chi connectivity index (χ1n) is 7.33. The second-order valence-electron chi connectivity index (χ2n) is 5.02. The Kier molecular flexibility index (Phi) is 4.19. The summed E-state index contributed by atoms with van der Waals surface area (Å²) in [7, 11) is 1.73. The molecule has 0 spiro atoms. The van der Waals surface area contributed by atoms with Crippen molar-refractivity contribution in [2.75, 3.05) is 6.61 Å². The first-order valence-corrected chi connectivity index (χ1v) is 7.33. The Morgan fingerprint density at radius 1 is 1.25 bits per heavy atom. The molecule has 0 aliphatic heterocycles. The molecule has 0 amide bonds. The summed E-state index contributed by atoms with van der Waals surface area (Å²) >= 11 is 0. The van der Waals surface area contributed by atoms with Crippen molar-refractivity contribution in [3.05, 3.63) is 58.5 Å². The van der Waals surface area contributed by atoms with Gasteiger partial charge in [-0.05, 0) is 35.5 Å². The van der Waals surface area contributed by atoms with Gasteiger partial charge in [-0.2, -0.15) is 0 Å². The zero-order valence-corrected chi connectivity index (χ0v) is 13.2. The van der Waals surface area contributed by atoms with E-state index >= 15 is 0 Å². The molecule has 0 saturated carbocycles. The summed E-state index contributed by atoms with van der Waals surface area (Å²) in [5.41, 5.74) is 1.42. The number of hydrogen-bond donors (Lipinski definition) is 0. The number of pyridine rings is 1. The first-order chi connectivity index (χ1) is 11.6. The summed E-state index contributed by atoms with van der Waals surface area (Å²) in [4.78, 5) is 24.1. The number of hydrogen-bond acceptors (Lipinski definition) is 6. The van der Waals surface area contributed by atoms with Gasteiger partial charge in [0.2, 0.25) is 0 Å². The lowest BCUT2D eigenvalue weighted by Crippen LogP contribution is -2.19. The van der Waals surface area contributed by atoms with Crippen molar-refractivity contribution in [3.63, 3.8) is 0 Å². The average Bonchev–Trinajstić information content (AvgIpc) is 3.01. The third-order valence-corrected chi connectivity index (χ3v) is 3.42. The number of tetrazole rings is 1. The topological polar surface area (TPSA) is 91.9 Å². The Labute approximate surface area is 137 Å². The van der Waals surface area contributed by atoms with Crippen LogP contribution in [-0.4, -0.2) is 37.4 Å². The van der Waals surface area contributed by atoms with Gasteiger partial charge in [0, 0.05) is 30.6 Å². The van der Waals surface area contributed by atoms with Gasteiger partial charge >= 0.3 is 5.97 Å². The maximum Gasteiger partial charge on any atom is 0.339 e. The van der Waals surface area contributed by atoms with Gasteiger partial charge in [-0.25, -0.2) is 9.48 Å². The normalized spacial score (nSPS) is 10.6. The van der Waals surface area contributed by atoms with Crippen molar-refractivity contribution >= 4 is 5.97 Å². The number of carbonyl (C=O) groups excluding carboxylic acids is 1. The molecule has 0 bridgehead atoms. The van der Waals surface area contributed by atoms with Crippen LogP contribution in [-0.2, 0) is 11.8 Å². The molecule has 0 aliphatic rings. The van der Waals surface area contributed by atoms with Gasteiger partial charge in [0.25, 0.3) is 5.56 Å². The summed E-state index contributed by atoms with van der Waals surface area (Å²) in [5.74, 6) is 0.103. The minimum Gasteiger partial charge on any atom is -0.462 e. The van der Waals surface area contributed by atoms with Gasteiger partial charge in [0.05, 0.1) is 12.2 Å².